The van der Waals surface area contributed by atoms with Crippen LogP contribution in [0.25, 0.3) is 0 Å². The van der Waals surface area contributed by atoms with Crippen LogP contribution in [0.15, 0.2) is 0 Å². The van der Waals surface area contributed by atoms with E-state index in [4.69, 9.17) is 4.74 Å². The fraction of sp³-hybridized carbons (Fsp3) is 0.917. The third kappa shape index (κ3) is 3.32. The van der Waals surface area contributed by atoms with Crippen LogP contribution in [0.3, 0.4) is 0 Å². The molecule has 0 N–H and O–H groups in total. The van der Waals surface area contributed by atoms with Crippen molar-refractivity contribution in [3.63, 3.8) is 0 Å². The Morgan fingerprint density at radius 3 is 2.07 bits per heavy atom. The van der Waals surface area contributed by atoms with Crippen LogP contribution >= 0.6 is 0 Å². The Labute approximate surface area is 87.0 Å². The normalized spacial score (nSPS) is 22.1. The first-order valence-corrected chi connectivity index (χ1v) is 5.88. The van der Waals surface area contributed by atoms with Crippen molar-refractivity contribution >= 4 is 5.97 Å². The molecule has 1 aliphatic carbocycles. The number of ether oxygens (including phenoxy) is 1. The first kappa shape index (κ1) is 11.5. The highest BCUT2D eigenvalue weighted by molar-refractivity contribution is 5.66. The van der Waals surface area contributed by atoms with Crippen molar-refractivity contribution < 1.29 is 9.53 Å². The zero-order valence-electron chi connectivity index (χ0n) is 9.47. The summed E-state index contributed by atoms with van der Waals surface area (Å²) >= 11 is 0. The fourth-order valence-corrected chi connectivity index (χ4v) is 2.38. The Bertz CT molecular complexity index is 179. The summed E-state index contributed by atoms with van der Waals surface area (Å²) in [6.45, 7) is 3.65. The van der Waals surface area contributed by atoms with Crippen LogP contribution in [-0.2, 0) is 9.53 Å². The van der Waals surface area contributed by atoms with Crippen molar-refractivity contribution in [3.05, 3.63) is 0 Å². The van der Waals surface area contributed by atoms with Gasteiger partial charge in [-0.05, 0) is 32.1 Å². The van der Waals surface area contributed by atoms with Crippen LogP contribution in [0.1, 0.15) is 65.2 Å². The predicted octanol–water partition coefficient (Wildman–Crippen LogP) is 3.44. The van der Waals surface area contributed by atoms with Gasteiger partial charge in [0.2, 0.25) is 0 Å². The van der Waals surface area contributed by atoms with E-state index < -0.39 is 0 Å². The lowest BCUT2D eigenvalue weighted by Gasteiger charge is -2.33. The van der Waals surface area contributed by atoms with Gasteiger partial charge >= 0.3 is 5.97 Å². The van der Waals surface area contributed by atoms with Gasteiger partial charge in [0, 0.05) is 6.92 Å². The summed E-state index contributed by atoms with van der Waals surface area (Å²) in [6, 6.07) is 0. The molecule has 82 valence electrons. The highest BCUT2D eigenvalue weighted by Gasteiger charge is 2.31. The van der Waals surface area contributed by atoms with E-state index in [1.807, 2.05) is 0 Å². The first-order valence-electron chi connectivity index (χ1n) is 5.88. The van der Waals surface area contributed by atoms with Gasteiger partial charge in [0.25, 0.3) is 0 Å². The average molecular weight is 198 g/mol. The number of esters is 1. The van der Waals surface area contributed by atoms with Crippen molar-refractivity contribution in [3.8, 4) is 0 Å². The Morgan fingerprint density at radius 2 is 1.64 bits per heavy atom. The molecular formula is C12H22O2. The first-order chi connectivity index (χ1) is 6.68. The van der Waals surface area contributed by atoms with E-state index in [0.717, 1.165) is 19.3 Å². The van der Waals surface area contributed by atoms with Crippen LogP contribution in [-0.4, -0.2) is 11.6 Å². The van der Waals surface area contributed by atoms with E-state index in [1.54, 1.807) is 0 Å². The van der Waals surface area contributed by atoms with Crippen LogP contribution in [0, 0.1) is 0 Å². The van der Waals surface area contributed by atoms with Gasteiger partial charge in [0.05, 0.1) is 0 Å². The zero-order valence-corrected chi connectivity index (χ0v) is 9.47. The molecule has 1 aliphatic rings. The van der Waals surface area contributed by atoms with Gasteiger partial charge in [-0.1, -0.05) is 26.2 Å². The van der Waals surface area contributed by atoms with Crippen molar-refractivity contribution in [2.24, 2.45) is 0 Å². The standard InChI is InChI=1S/C12H22O2/c1-3-12(14-11(2)13)9-7-5-4-6-8-10-12/h3-10H2,1-2H3. The molecule has 0 heterocycles. The molecule has 1 saturated carbocycles. The van der Waals surface area contributed by atoms with E-state index >= 15 is 0 Å². The number of hydrogen-bond donors (Lipinski definition) is 0. The second-order valence-electron chi connectivity index (χ2n) is 4.40. The molecule has 0 saturated heterocycles. The molecule has 2 nitrogen and oxygen atoms in total. The minimum absolute atomic E-state index is 0.118. The molecule has 0 aliphatic heterocycles. The van der Waals surface area contributed by atoms with Gasteiger partial charge in [-0.25, -0.2) is 0 Å². The van der Waals surface area contributed by atoms with Crippen molar-refractivity contribution in [2.45, 2.75) is 70.8 Å². The number of carbonyl (C=O) groups is 1. The second-order valence-corrected chi connectivity index (χ2v) is 4.40. The van der Waals surface area contributed by atoms with Crippen molar-refractivity contribution in [1.29, 1.82) is 0 Å². The largest absolute Gasteiger partial charge is 0.459 e. The molecule has 14 heavy (non-hydrogen) atoms. The smallest absolute Gasteiger partial charge is 0.303 e. The summed E-state index contributed by atoms with van der Waals surface area (Å²) in [5.74, 6) is -0.118. The molecular weight excluding hydrogens is 176 g/mol. The maximum absolute atomic E-state index is 11.1. The van der Waals surface area contributed by atoms with Crippen LogP contribution in [0.5, 0.6) is 0 Å². The SMILES string of the molecule is CCC1(OC(C)=O)CCCCCCC1. The van der Waals surface area contributed by atoms with Gasteiger partial charge in [-0.2, -0.15) is 0 Å². The second kappa shape index (κ2) is 5.38. The van der Waals surface area contributed by atoms with Crippen LogP contribution in [0.2, 0.25) is 0 Å². The summed E-state index contributed by atoms with van der Waals surface area (Å²) in [6.07, 6.45) is 9.44. The Kier molecular flexibility index (Phi) is 4.43. The summed E-state index contributed by atoms with van der Waals surface area (Å²) in [5.41, 5.74) is -0.133. The maximum atomic E-state index is 11.1. The molecule has 1 rings (SSSR count). The molecule has 0 spiro atoms. The van der Waals surface area contributed by atoms with Crippen molar-refractivity contribution in [1.82, 2.24) is 0 Å². The van der Waals surface area contributed by atoms with Gasteiger partial charge in [-0.15, -0.1) is 0 Å². The summed E-state index contributed by atoms with van der Waals surface area (Å²) < 4.78 is 5.52. The molecule has 0 bridgehead atoms. The van der Waals surface area contributed by atoms with E-state index in [9.17, 15) is 4.79 Å². The molecule has 0 aromatic carbocycles. The highest BCUT2D eigenvalue weighted by atomic mass is 16.6. The molecule has 0 amide bonds. The predicted molar refractivity (Wildman–Crippen MR) is 57.1 cm³/mol. The monoisotopic (exact) mass is 198 g/mol. The number of carbonyl (C=O) groups excluding carboxylic acids is 1. The number of hydrogen-bond acceptors (Lipinski definition) is 2. The average Bonchev–Trinajstić information content (AvgIpc) is 2.09. The Morgan fingerprint density at radius 1 is 1.14 bits per heavy atom. The lowest BCUT2D eigenvalue weighted by atomic mass is 9.85. The third-order valence-corrected chi connectivity index (χ3v) is 3.27. The van der Waals surface area contributed by atoms with Crippen LogP contribution in [0.4, 0.5) is 0 Å². The highest BCUT2D eigenvalue weighted by Crippen LogP contribution is 2.32. The van der Waals surface area contributed by atoms with Gasteiger partial charge in [-0.3, -0.25) is 4.79 Å². The molecule has 0 atom stereocenters. The summed E-state index contributed by atoms with van der Waals surface area (Å²) in [7, 11) is 0. The molecule has 1 fully saturated rings. The molecule has 2 heteroatoms. The zero-order chi connectivity index (χ0) is 10.4. The lowest BCUT2D eigenvalue weighted by Crippen LogP contribution is -2.34. The van der Waals surface area contributed by atoms with Gasteiger partial charge in [0.1, 0.15) is 5.60 Å². The van der Waals surface area contributed by atoms with Crippen LogP contribution < -0.4 is 0 Å². The topological polar surface area (TPSA) is 26.3 Å². The minimum atomic E-state index is -0.133. The molecule has 0 aromatic rings. The molecule has 0 radical (unpaired) electrons. The molecule has 0 aromatic heterocycles. The summed E-state index contributed by atoms with van der Waals surface area (Å²) in [4.78, 5) is 11.1. The Hall–Kier alpha value is -0.530. The quantitative estimate of drug-likeness (QED) is 0.635. The fourth-order valence-electron chi connectivity index (χ4n) is 2.38. The minimum Gasteiger partial charge on any atom is -0.459 e. The van der Waals surface area contributed by atoms with E-state index in [2.05, 4.69) is 6.92 Å². The van der Waals surface area contributed by atoms with Gasteiger partial charge in [0.15, 0.2) is 0 Å². The maximum Gasteiger partial charge on any atom is 0.303 e. The van der Waals surface area contributed by atoms with E-state index in [0.29, 0.717) is 0 Å². The molecule has 0 unspecified atom stereocenters. The number of rotatable bonds is 2. The van der Waals surface area contributed by atoms with E-state index in [-0.39, 0.29) is 11.6 Å². The third-order valence-electron chi connectivity index (χ3n) is 3.27. The van der Waals surface area contributed by atoms with Gasteiger partial charge < -0.3 is 4.74 Å². The van der Waals surface area contributed by atoms with Crippen molar-refractivity contribution in [2.75, 3.05) is 0 Å². The summed E-state index contributed by atoms with van der Waals surface area (Å²) in [5, 5.41) is 0. The lowest BCUT2D eigenvalue weighted by molar-refractivity contribution is -0.159. The van der Waals surface area contributed by atoms with E-state index in [1.165, 1.54) is 39.0 Å². The Balaban J connectivity index is 2.57.